The molecule has 1 aliphatic heterocycles. The molecule has 1 fully saturated rings. The quantitative estimate of drug-likeness (QED) is 0.695. The van der Waals surface area contributed by atoms with Crippen LogP contribution in [0.2, 0.25) is 0 Å². The third-order valence-corrected chi connectivity index (χ3v) is 4.61. The van der Waals surface area contributed by atoms with E-state index in [1.54, 1.807) is 19.5 Å². The topological polar surface area (TPSA) is 67.7 Å². The molecule has 2 heterocycles. The lowest BCUT2D eigenvalue weighted by Crippen LogP contribution is -2.21. The number of likely N-dealkylation sites (tertiary alicyclic amines) is 1. The Labute approximate surface area is 154 Å². The molecule has 140 valence electrons. The van der Waals surface area contributed by atoms with Gasteiger partial charge in [-0.25, -0.2) is 9.97 Å². The van der Waals surface area contributed by atoms with Gasteiger partial charge in [-0.2, -0.15) is 0 Å². The summed E-state index contributed by atoms with van der Waals surface area (Å²) in [5.41, 5.74) is 1.78. The molecule has 0 atom stereocenters. The fraction of sp³-hybridized carbons (Fsp3) is 0.500. The molecule has 1 saturated heterocycles. The van der Waals surface area contributed by atoms with Crippen LogP contribution in [0.25, 0.3) is 0 Å². The minimum absolute atomic E-state index is 0.0434. The highest BCUT2D eigenvalue weighted by Crippen LogP contribution is 2.29. The number of benzene rings is 1. The molecule has 0 radical (unpaired) electrons. The molecule has 0 amide bonds. The molecule has 1 aromatic carbocycles. The van der Waals surface area contributed by atoms with Gasteiger partial charge < -0.3 is 19.5 Å². The number of hydrogen-bond donors (Lipinski definition) is 1. The normalized spacial score (nSPS) is 14.5. The zero-order valence-electron chi connectivity index (χ0n) is 15.4. The summed E-state index contributed by atoms with van der Waals surface area (Å²) in [7, 11) is 1.66. The number of rotatable bonds is 9. The second-order valence-electron chi connectivity index (χ2n) is 6.58. The lowest BCUT2D eigenvalue weighted by atomic mass is 10.1. The molecule has 0 bridgehead atoms. The maximum atomic E-state index is 9.07. The first-order valence-corrected chi connectivity index (χ1v) is 9.21. The zero-order valence-corrected chi connectivity index (χ0v) is 15.4. The van der Waals surface area contributed by atoms with Crippen LogP contribution in [0.5, 0.6) is 11.5 Å². The van der Waals surface area contributed by atoms with Crippen LogP contribution in [0, 0.1) is 0 Å². The van der Waals surface area contributed by atoms with Crippen LogP contribution >= 0.6 is 0 Å². The molecular formula is C20H27N3O3. The van der Waals surface area contributed by atoms with Gasteiger partial charge in [0.1, 0.15) is 5.82 Å². The Morgan fingerprint density at radius 3 is 2.54 bits per heavy atom. The molecule has 26 heavy (non-hydrogen) atoms. The monoisotopic (exact) mass is 357 g/mol. The Morgan fingerprint density at radius 1 is 1.08 bits per heavy atom. The smallest absolute Gasteiger partial charge is 0.161 e. The summed E-state index contributed by atoms with van der Waals surface area (Å²) in [6.07, 6.45) is 7.57. The average Bonchev–Trinajstić information content (AvgIpc) is 3.19. The van der Waals surface area contributed by atoms with E-state index in [1.165, 1.54) is 25.9 Å². The van der Waals surface area contributed by atoms with E-state index in [9.17, 15) is 0 Å². The number of aliphatic hydroxyl groups excluding tert-OH is 1. The summed E-state index contributed by atoms with van der Waals surface area (Å²) >= 11 is 0. The van der Waals surface area contributed by atoms with Crippen LogP contribution in [0.1, 0.15) is 36.2 Å². The molecular weight excluding hydrogens is 330 g/mol. The van der Waals surface area contributed by atoms with Gasteiger partial charge in [-0.05, 0) is 50.0 Å². The molecule has 6 nitrogen and oxygen atoms in total. The van der Waals surface area contributed by atoms with Gasteiger partial charge in [-0.3, -0.25) is 0 Å². The summed E-state index contributed by atoms with van der Waals surface area (Å²) in [4.78, 5) is 11.1. The van der Waals surface area contributed by atoms with E-state index in [0.29, 0.717) is 24.4 Å². The van der Waals surface area contributed by atoms with Crippen molar-refractivity contribution in [2.75, 3.05) is 33.4 Å². The average molecular weight is 357 g/mol. The number of ether oxygens (including phenoxy) is 2. The molecule has 6 heteroatoms. The first-order chi connectivity index (χ1) is 12.8. The molecule has 3 rings (SSSR count). The van der Waals surface area contributed by atoms with Crippen LogP contribution in [0.15, 0.2) is 30.6 Å². The number of hydrogen-bond acceptors (Lipinski definition) is 6. The summed E-state index contributed by atoms with van der Waals surface area (Å²) < 4.78 is 11.4. The molecule has 1 N–H and O–H groups in total. The van der Waals surface area contributed by atoms with Crippen LogP contribution in [0.3, 0.4) is 0 Å². The number of nitrogens with zero attached hydrogens (tertiary/aromatic N) is 3. The second-order valence-corrected chi connectivity index (χ2v) is 6.58. The predicted octanol–water partition coefficient (Wildman–Crippen LogP) is 2.43. The highest BCUT2D eigenvalue weighted by Gasteiger charge is 2.11. The largest absolute Gasteiger partial charge is 0.493 e. The summed E-state index contributed by atoms with van der Waals surface area (Å²) in [5, 5.41) is 9.07. The Bertz CT molecular complexity index is 685. The maximum absolute atomic E-state index is 9.07. The van der Waals surface area contributed by atoms with Gasteiger partial charge in [0.25, 0.3) is 0 Å². The third-order valence-electron chi connectivity index (χ3n) is 4.61. The Balaban J connectivity index is 1.57. The van der Waals surface area contributed by atoms with Gasteiger partial charge in [-0.15, -0.1) is 0 Å². The van der Waals surface area contributed by atoms with Crippen molar-refractivity contribution in [2.45, 2.75) is 32.3 Å². The van der Waals surface area contributed by atoms with E-state index in [4.69, 9.17) is 14.6 Å². The number of aromatic nitrogens is 2. The van der Waals surface area contributed by atoms with Crippen LogP contribution in [0.4, 0.5) is 0 Å². The van der Waals surface area contributed by atoms with Crippen LogP contribution in [-0.2, 0) is 13.0 Å². The summed E-state index contributed by atoms with van der Waals surface area (Å²) in [5.74, 6) is 2.22. The van der Waals surface area contributed by atoms with E-state index >= 15 is 0 Å². The van der Waals surface area contributed by atoms with Crippen molar-refractivity contribution in [1.82, 2.24) is 14.9 Å². The van der Waals surface area contributed by atoms with Crippen molar-refractivity contribution in [1.29, 1.82) is 0 Å². The standard InChI is InChI=1S/C20H27N3O3/c1-25-18-6-5-16(12-20-21-13-17(15-24)14-22-20)11-19(18)26-10-4-9-23-7-2-3-8-23/h5-6,11,13-14,24H,2-4,7-10,12,15H2,1H3. The predicted molar refractivity (Wildman–Crippen MR) is 99.5 cm³/mol. The molecule has 0 spiro atoms. The van der Waals surface area contributed by atoms with E-state index in [1.807, 2.05) is 18.2 Å². The lowest BCUT2D eigenvalue weighted by Gasteiger charge is -2.16. The first kappa shape index (κ1) is 18.6. The van der Waals surface area contributed by atoms with Gasteiger partial charge >= 0.3 is 0 Å². The Hall–Kier alpha value is -2.18. The van der Waals surface area contributed by atoms with Crippen molar-refractivity contribution in [3.8, 4) is 11.5 Å². The minimum atomic E-state index is -0.0434. The molecule has 0 unspecified atom stereocenters. The molecule has 1 aliphatic rings. The van der Waals surface area contributed by atoms with Crippen molar-refractivity contribution < 1.29 is 14.6 Å². The van der Waals surface area contributed by atoms with E-state index in [2.05, 4.69) is 14.9 Å². The SMILES string of the molecule is COc1ccc(Cc2ncc(CO)cn2)cc1OCCCN1CCCC1. The first-order valence-electron chi connectivity index (χ1n) is 9.21. The van der Waals surface area contributed by atoms with Gasteiger partial charge in [0.15, 0.2) is 11.5 Å². The minimum Gasteiger partial charge on any atom is -0.493 e. The van der Waals surface area contributed by atoms with E-state index in [0.717, 1.165) is 30.0 Å². The van der Waals surface area contributed by atoms with Crippen molar-refractivity contribution in [3.05, 3.63) is 47.5 Å². The lowest BCUT2D eigenvalue weighted by molar-refractivity contribution is 0.254. The van der Waals surface area contributed by atoms with E-state index < -0.39 is 0 Å². The van der Waals surface area contributed by atoms with Gasteiger partial charge in [0, 0.05) is 30.9 Å². The van der Waals surface area contributed by atoms with Crippen molar-refractivity contribution in [3.63, 3.8) is 0 Å². The molecule has 0 saturated carbocycles. The van der Waals surface area contributed by atoms with Crippen LogP contribution in [-0.4, -0.2) is 53.3 Å². The van der Waals surface area contributed by atoms with Gasteiger partial charge in [-0.1, -0.05) is 6.07 Å². The second kappa shape index (κ2) is 9.50. The Morgan fingerprint density at radius 2 is 1.85 bits per heavy atom. The molecule has 1 aromatic heterocycles. The fourth-order valence-electron chi connectivity index (χ4n) is 3.16. The van der Waals surface area contributed by atoms with Gasteiger partial charge in [0.2, 0.25) is 0 Å². The van der Waals surface area contributed by atoms with Gasteiger partial charge in [0.05, 0.1) is 20.3 Å². The maximum Gasteiger partial charge on any atom is 0.161 e. The Kier molecular flexibility index (Phi) is 6.80. The highest BCUT2D eigenvalue weighted by molar-refractivity contribution is 5.43. The molecule has 0 aliphatic carbocycles. The zero-order chi connectivity index (χ0) is 18.2. The van der Waals surface area contributed by atoms with Crippen LogP contribution < -0.4 is 9.47 Å². The fourth-order valence-corrected chi connectivity index (χ4v) is 3.16. The molecule has 2 aromatic rings. The number of methoxy groups -OCH3 is 1. The summed E-state index contributed by atoms with van der Waals surface area (Å²) in [6.45, 7) is 4.16. The van der Waals surface area contributed by atoms with E-state index in [-0.39, 0.29) is 6.61 Å². The van der Waals surface area contributed by atoms with Crippen molar-refractivity contribution >= 4 is 0 Å². The number of aliphatic hydroxyl groups is 1. The third kappa shape index (κ3) is 5.16. The van der Waals surface area contributed by atoms with Crippen molar-refractivity contribution in [2.24, 2.45) is 0 Å². The summed E-state index contributed by atoms with van der Waals surface area (Å²) in [6, 6.07) is 5.92. The highest BCUT2D eigenvalue weighted by atomic mass is 16.5.